The van der Waals surface area contributed by atoms with Crippen LogP contribution >= 0.6 is 0 Å². The highest BCUT2D eigenvalue weighted by molar-refractivity contribution is 5.79. The average molecular weight is 407 g/mol. The summed E-state index contributed by atoms with van der Waals surface area (Å²) in [5, 5.41) is 6.87. The second-order valence-corrected chi connectivity index (χ2v) is 7.66. The largest absolute Gasteiger partial charge is 0.490 e. The molecule has 164 valence electrons. The number of aliphatic imine (C=N–C) groups is 1. The molecule has 0 spiro atoms. The van der Waals surface area contributed by atoms with Gasteiger partial charge in [-0.05, 0) is 51.8 Å². The van der Waals surface area contributed by atoms with Gasteiger partial charge in [-0.15, -0.1) is 0 Å². The highest BCUT2D eigenvalue weighted by Crippen LogP contribution is 2.28. The molecule has 29 heavy (non-hydrogen) atoms. The second-order valence-electron chi connectivity index (χ2n) is 7.66. The van der Waals surface area contributed by atoms with E-state index in [0.717, 1.165) is 63.3 Å². The van der Waals surface area contributed by atoms with Gasteiger partial charge in [0.15, 0.2) is 17.5 Å². The summed E-state index contributed by atoms with van der Waals surface area (Å²) in [6.45, 7) is 14.9. The Morgan fingerprint density at radius 1 is 1.10 bits per heavy atom. The van der Waals surface area contributed by atoms with E-state index < -0.39 is 0 Å². The van der Waals surface area contributed by atoms with Crippen molar-refractivity contribution < 1.29 is 14.2 Å². The Bertz CT molecular complexity index is 643. The molecular formula is C22H38N4O3. The van der Waals surface area contributed by atoms with Crippen LogP contribution in [0.5, 0.6) is 11.5 Å². The molecule has 2 N–H and O–H groups in total. The summed E-state index contributed by atoms with van der Waals surface area (Å²) >= 11 is 0. The lowest BCUT2D eigenvalue weighted by molar-refractivity contribution is -0.00833. The topological polar surface area (TPSA) is 67.4 Å². The van der Waals surface area contributed by atoms with E-state index >= 15 is 0 Å². The van der Waals surface area contributed by atoms with Crippen LogP contribution < -0.4 is 20.1 Å². The van der Waals surface area contributed by atoms with E-state index in [2.05, 4.69) is 46.5 Å². The molecule has 7 nitrogen and oxygen atoms in total. The number of hydrogen-bond donors (Lipinski definition) is 2. The number of ether oxygens (including phenoxy) is 3. The predicted molar refractivity (Wildman–Crippen MR) is 118 cm³/mol. The highest BCUT2D eigenvalue weighted by Gasteiger charge is 2.28. The van der Waals surface area contributed by atoms with Crippen molar-refractivity contribution in [3.05, 3.63) is 23.8 Å². The molecule has 0 bridgehead atoms. The molecule has 0 unspecified atom stereocenters. The first-order valence-electron chi connectivity index (χ1n) is 10.7. The van der Waals surface area contributed by atoms with Crippen molar-refractivity contribution in [3.8, 4) is 11.5 Å². The molecule has 0 saturated carbocycles. The fourth-order valence-corrected chi connectivity index (χ4v) is 3.38. The summed E-state index contributed by atoms with van der Waals surface area (Å²) in [6, 6.07) is 6.14. The fraction of sp³-hybridized carbons (Fsp3) is 0.682. The normalized spacial score (nSPS) is 15.8. The minimum Gasteiger partial charge on any atom is -0.490 e. The number of nitrogens with zero attached hydrogens (tertiary/aromatic N) is 2. The summed E-state index contributed by atoms with van der Waals surface area (Å²) in [4.78, 5) is 6.82. The van der Waals surface area contributed by atoms with E-state index in [4.69, 9.17) is 14.2 Å². The highest BCUT2D eigenvalue weighted by atomic mass is 16.5. The Kier molecular flexibility index (Phi) is 9.54. The lowest BCUT2D eigenvalue weighted by Crippen LogP contribution is -2.56. The molecule has 0 aliphatic carbocycles. The Labute approximate surface area is 175 Å². The molecule has 1 aliphatic heterocycles. The first-order chi connectivity index (χ1) is 14.0. The third-order valence-electron chi connectivity index (χ3n) is 5.09. The van der Waals surface area contributed by atoms with E-state index in [1.165, 1.54) is 5.56 Å². The molecular weight excluding hydrogens is 368 g/mol. The molecule has 1 heterocycles. The zero-order valence-electron chi connectivity index (χ0n) is 18.7. The van der Waals surface area contributed by atoms with Crippen LogP contribution in [0.25, 0.3) is 0 Å². The van der Waals surface area contributed by atoms with E-state index in [9.17, 15) is 0 Å². The van der Waals surface area contributed by atoms with E-state index in [-0.39, 0.29) is 5.54 Å². The lowest BCUT2D eigenvalue weighted by atomic mass is 10.0. The van der Waals surface area contributed by atoms with Gasteiger partial charge >= 0.3 is 0 Å². The minimum atomic E-state index is 0.0445. The molecule has 1 aliphatic rings. The van der Waals surface area contributed by atoms with Gasteiger partial charge in [-0.2, -0.15) is 0 Å². The van der Waals surface area contributed by atoms with Crippen molar-refractivity contribution >= 4 is 5.96 Å². The van der Waals surface area contributed by atoms with Crippen molar-refractivity contribution in [2.75, 3.05) is 59.7 Å². The number of morpholine rings is 1. The number of guanidine groups is 1. The maximum Gasteiger partial charge on any atom is 0.191 e. The summed E-state index contributed by atoms with van der Waals surface area (Å²) in [6.07, 6.45) is 0.875. The van der Waals surface area contributed by atoms with Crippen LogP contribution in [-0.2, 0) is 11.2 Å². The van der Waals surface area contributed by atoms with Gasteiger partial charge in [0.2, 0.25) is 0 Å². The predicted octanol–water partition coefficient (Wildman–Crippen LogP) is 2.30. The molecule has 0 radical (unpaired) electrons. The first-order valence-corrected chi connectivity index (χ1v) is 10.7. The number of nitrogens with one attached hydrogen (secondary N) is 2. The van der Waals surface area contributed by atoms with Crippen molar-refractivity contribution in [2.24, 2.45) is 4.99 Å². The average Bonchev–Trinajstić information content (AvgIpc) is 2.73. The standard InChI is InChI=1S/C22H38N4O3/c1-6-28-19-9-8-18(16-20(19)29-7-2)10-11-24-21(23-5)25-17-22(3,4)26-12-14-27-15-13-26/h8-9,16H,6-7,10-15,17H2,1-5H3,(H2,23,24,25). The van der Waals surface area contributed by atoms with Gasteiger partial charge in [-0.3, -0.25) is 9.89 Å². The van der Waals surface area contributed by atoms with Crippen molar-refractivity contribution in [1.82, 2.24) is 15.5 Å². The molecule has 1 saturated heterocycles. The number of rotatable bonds is 10. The zero-order chi connectivity index (χ0) is 21.1. The summed E-state index contributed by atoms with van der Waals surface area (Å²) < 4.78 is 16.8. The van der Waals surface area contributed by atoms with Gasteiger partial charge in [0.05, 0.1) is 26.4 Å². The van der Waals surface area contributed by atoms with E-state index in [1.54, 1.807) is 7.05 Å². The molecule has 1 aromatic rings. The summed E-state index contributed by atoms with van der Waals surface area (Å²) in [5.41, 5.74) is 1.25. The smallest absolute Gasteiger partial charge is 0.191 e. The molecule has 7 heteroatoms. The number of hydrogen-bond acceptors (Lipinski definition) is 5. The van der Waals surface area contributed by atoms with Crippen LogP contribution in [0.15, 0.2) is 23.2 Å². The molecule has 1 fully saturated rings. The van der Waals surface area contributed by atoms with Crippen LogP contribution in [0, 0.1) is 0 Å². The van der Waals surface area contributed by atoms with Gasteiger partial charge in [-0.25, -0.2) is 0 Å². The molecule has 0 amide bonds. The van der Waals surface area contributed by atoms with Crippen molar-refractivity contribution in [2.45, 2.75) is 39.7 Å². The van der Waals surface area contributed by atoms with Gasteiger partial charge in [0, 0.05) is 38.8 Å². The Morgan fingerprint density at radius 2 is 1.79 bits per heavy atom. The van der Waals surface area contributed by atoms with Crippen LogP contribution in [0.1, 0.15) is 33.3 Å². The van der Waals surface area contributed by atoms with Crippen LogP contribution in [0.4, 0.5) is 0 Å². The third kappa shape index (κ3) is 7.40. The molecule has 0 atom stereocenters. The van der Waals surface area contributed by atoms with Gasteiger partial charge in [0.25, 0.3) is 0 Å². The Morgan fingerprint density at radius 3 is 2.45 bits per heavy atom. The fourth-order valence-electron chi connectivity index (χ4n) is 3.38. The Hall–Kier alpha value is -1.99. The van der Waals surface area contributed by atoms with Crippen LogP contribution in [0.2, 0.25) is 0 Å². The third-order valence-corrected chi connectivity index (χ3v) is 5.09. The lowest BCUT2D eigenvalue weighted by Gasteiger charge is -2.41. The number of benzene rings is 1. The van der Waals surface area contributed by atoms with Crippen LogP contribution in [0.3, 0.4) is 0 Å². The second kappa shape index (κ2) is 11.9. The Balaban J connectivity index is 1.82. The zero-order valence-corrected chi connectivity index (χ0v) is 18.7. The summed E-state index contributed by atoms with van der Waals surface area (Å²) in [7, 11) is 1.81. The van der Waals surface area contributed by atoms with Crippen LogP contribution in [-0.4, -0.2) is 76.1 Å². The minimum absolute atomic E-state index is 0.0445. The molecule has 2 rings (SSSR count). The molecule has 1 aromatic carbocycles. The molecule has 0 aromatic heterocycles. The maximum absolute atomic E-state index is 5.72. The van der Waals surface area contributed by atoms with Crippen molar-refractivity contribution in [1.29, 1.82) is 0 Å². The van der Waals surface area contributed by atoms with Crippen molar-refractivity contribution in [3.63, 3.8) is 0 Å². The van der Waals surface area contributed by atoms with Gasteiger partial charge < -0.3 is 24.8 Å². The van der Waals surface area contributed by atoms with Gasteiger partial charge in [-0.1, -0.05) is 6.07 Å². The van der Waals surface area contributed by atoms with E-state index in [0.29, 0.717) is 13.2 Å². The van der Waals surface area contributed by atoms with Gasteiger partial charge in [0.1, 0.15) is 0 Å². The monoisotopic (exact) mass is 406 g/mol. The first kappa shape index (κ1) is 23.3. The SMILES string of the molecule is CCOc1ccc(CCNC(=NC)NCC(C)(C)N2CCOCC2)cc1OCC. The quantitative estimate of drug-likeness (QED) is 0.459. The maximum atomic E-state index is 5.72. The summed E-state index contributed by atoms with van der Waals surface area (Å²) in [5.74, 6) is 2.43. The van der Waals surface area contributed by atoms with E-state index in [1.807, 2.05) is 19.9 Å².